The molecule has 2 N–H and O–H groups in total. The van der Waals surface area contributed by atoms with Crippen molar-refractivity contribution in [2.75, 3.05) is 53.0 Å². The molecule has 3 rings (SSSR count). The van der Waals surface area contributed by atoms with Crippen LogP contribution in [-0.4, -0.2) is 70.0 Å². The number of nitrogens with one attached hydrogen (secondary N) is 2. The first-order valence-electron chi connectivity index (χ1n) is 10.9. The standard InChI is InChI=1S/C22H36N4O3.HI/c1-3-23-22(24-10-11-26-12-14-28-15-13-26)25-17-18-8-9-20(27-2)16-21(18)29-19-6-4-5-7-19;/h8-9,16,19H,3-7,10-15,17H2,1-2H3,(H2,23,24,25);1H. The second kappa shape index (κ2) is 13.9. The van der Waals surface area contributed by atoms with Gasteiger partial charge in [-0.05, 0) is 44.7 Å². The van der Waals surface area contributed by atoms with Crippen LogP contribution in [-0.2, 0) is 11.3 Å². The molecule has 0 unspecified atom stereocenters. The van der Waals surface area contributed by atoms with Gasteiger partial charge in [0.1, 0.15) is 11.5 Å². The van der Waals surface area contributed by atoms with Gasteiger partial charge in [0, 0.05) is 44.4 Å². The Hall–Kier alpha value is -1.26. The van der Waals surface area contributed by atoms with Gasteiger partial charge in [0.15, 0.2) is 5.96 Å². The molecule has 0 spiro atoms. The molecule has 2 fully saturated rings. The fourth-order valence-electron chi connectivity index (χ4n) is 3.75. The van der Waals surface area contributed by atoms with Crippen molar-refractivity contribution in [3.8, 4) is 11.5 Å². The topological polar surface area (TPSA) is 67.4 Å². The van der Waals surface area contributed by atoms with E-state index >= 15 is 0 Å². The average molecular weight is 532 g/mol. The lowest BCUT2D eigenvalue weighted by Gasteiger charge is -2.26. The summed E-state index contributed by atoms with van der Waals surface area (Å²) in [7, 11) is 1.69. The molecule has 8 heteroatoms. The summed E-state index contributed by atoms with van der Waals surface area (Å²) in [6.45, 7) is 9.00. The third-order valence-corrected chi connectivity index (χ3v) is 5.45. The number of benzene rings is 1. The number of halogens is 1. The summed E-state index contributed by atoms with van der Waals surface area (Å²) >= 11 is 0. The van der Waals surface area contributed by atoms with E-state index in [0.717, 1.165) is 81.8 Å². The maximum absolute atomic E-state index is 6.29. The summed E-state index contributed by atoms with van der Waals surface area (Å²) < 4.78 is 17.1. The molecule has 1 heterocycles. The normalized spacial score (nSPS) is 18.0. The van der Waals surface area contributed by atoms with Crippen LogP contribution >= 0.6 is 24.0 Å². The van der Waals surface area contributed by atoms with E-state index < -0.39 is 0 Å². The van der Waals surface area contributed by atoms with E-state index in [-0.39, 0.29) is 24.0 Å². The molecular formula is C22H37IN4O3. The van der Waals surface area contributed by atoms with E-state index in [0.29, 0.717) is 12.6 Å². The first-order valence-corrected chi connectivity index (χ1v) is 10.9. The maximum Gasteiger partial charge on any atom is 0.191 e. The van der Waals surface area contributed by atoms with Gasteiger partial charge < -0.3 is 24.8 Å². The number of rotatable bonds is 9. The third kappa shape index (κ3) is 8.11. The summed E-state index contributed by atoms with van der Waals surface area (Å²) in [5.74, 6) is 2.55. The zero-order valence-electron chi connectivity index (χ0n) is 18.3. The molecule has 1 saturated carbocycles. The molecule has 0 amide bonds. The highest BCUT2D eigenvalue weighted by atomic mass is 127. The minimum absolute atomic E-state index is 0. The van der Waals surface area contributed by atoms with Gasteiger partial charge in [-0.15, -0.1) is 24.0 Å². The fourth-order valence-corrected chi connectivity index (χ4v) is 3.75. The largest absolute Gasteiger partial charge is 0.497 e. The summed E-state index contributed by atoms with van der Waals surface area (Å²) in [5, 5.41) is 6.78. The molecule has 0 radical (unpaired) electrons. The lowest BCUT2D eigenvalue weighted by atomic mass is 10.2. The van der Waals surface area contributed by atoms with Crippen LogP contribution in [0.25, 0.3) is 0 Å². The van der Waals surface area contributed by atoms with Crippen LogP contribution in [0.1, 0.15) is 38.2 Å². The van der Waals surface area contributed by atoms with Gasteiger partial charge in [-0.3, -0.25) is 4.90 Å². The molecule has 0 atom stereocenters. The smallest absolute Gasteiger partial charge is 0.191 e. The highest BCUT2D eigenvalue weighted by molar-refractivity contribution is 14.0. The van der Waals surface area contributed by atoms with Crippen molar-refractivity contribution in [3.63, 3.8) is 0 Å². The Morgan fingerprint density at radius 1 is 1.20 bits per heavy atom. The van der Waals surface area contributed by atoms with E-state index in [1.807, 2.05) is 12.1 Å². The van der Waals surface area contributed by atoms with Gasteiger partial charge in [0.05, 0.1) is 33.0 Å². The van der Waals surface area contributed by atoms with Crippen LogP contribution in [0.15, 0.2) is 23.2 Å². The van der Waals surface area contributed by atoms with Crippen molar-refractivity contribution in [2.24, 2.45) is 4.99 Å². The monoisotopic (exact) mass is 532 g/mol. The molecule has 170 valence electrons. The highest BCUT2D eigenvalue weighted by Gasteiger charge is 2.18. The molecule has 1 saturated heterocycles. The Balaban J connectivity index is 0.00000320. The highest BCUT2D eigenvalue weighted by Crippen LogP contribution is 2.30. The SMILES string of the molecule is CCNC(=NCc1ccc(OC)cc1OC1CCCC1)NCCN1CCOCC1.I. The Labute approximate surface area is 197 Å². The van der Waals surface area contributed by atoms with Gasteiger partial charge in [0.2, 0.25) is 0 Å². The third-order valence-electron chi connectivity index (χ3n) is 5.45. The van der Waals surface area contributed by atoms with Crippen LogP contribution in [0, 0.1) is 0 Å². The Morgan fingerprint density at radius 3 is 2.67 bits per heavy atom. The molecule has 1 aromatic rings. The number of nitrogens with zero attached hydrogens (tertiary/aromatic N) is 2. The first-order chi connectivity index (χ1) is 14.3. The molecule has 1 aliphatic carbocycles. The van der Waals surface area contributed by atoms with E-state index in [2.05, 4.69) is 28.5 Å². The van der Waals surface area contributed by atoms with Gasteiger partial charge in [-0.25, -0.2) is 4.99 Å². The van der Waals surface area contributed by atoms with Crippen molar-refractivity contribution in [2.45, 2.75) is 45.3 Å². The molecule has 2 aliphatic rings. The minimum Gasteiger partial charge on any atom is -0.497 e. The Kier molecular flexibility index (Phi) is 11.6. The van der Waals surface area contributed by atoms with Gasteiger partial charge in [0.25, 0.3) is 0 Å². The number of aliphatic imine (C=N–C) groups is 1. The quantitative estimate of drug-likeness (QED) is 0.290. The van der Waals surface area contributed by atoms with Crippen molar-refractivity contribution < 1.29 is 14.2 Å². The molecule has 1 aromatic carbocycles. The van der Waals surface area contributed by atoms with Gasteiger partial charge >= 0.3 is 0 Å². The summed E-state index contributed by atoms with van der Waals surface area (Å²) in [5.41, 5.74) is 1.09. The maximum atomic E-state index is 6.29. The minimum atomic E-state index is 0. The van der Waals surface area contributed by atoms with E-state index in [4.69, 9.17) is 19.2 Å². The molecular weight excluding hydrogens is 495 g/mol. The zero-order chi connectivity index (χ0) is 20.3. The summed E-state index contributed by atoms with van der Waals surface area (Å²) in [4.78, 5) is 7.20. The molecule has 0 bridgehead atoms. The zero-order valence-corrected chi connectivity index (χ0v) is 20.7. The predicted molar refractivity (Wildman–Crippen MR) is 131 cm³/mol. The first kappa shape index (κ1) is 25.0. The summed E-state index contributed by atoms with van der Waals surface area (Å²) in [6, 6.07) is 6.02. The second-order valence-corrected chi connectivity index (χ2v) is 7.57. The van der Waals surface area contributed by atoms with Crippen LogP contribution in [0.2, 0.25) is 0 Å². The van der Waals surface area contributed by atoms with Crippen LogP contribution in [0.4, 0.5) is 0 Å². The number of hydrogen-bond acceptors (Lipinski definition) is 5. The fraction of sp³-hybridized carbons (Fsp3) is 0.682. The number of hydrogen-bond donors (Lipinski definition) is 2. The van der Waals surface area contributed by atoms with Crippen molar-refractivity contribution >= 4 is 29.9 Å². The Morgan fingerprint density at radius 2 is 1.97 bits per heavy atom. The van der Waals surface area contributed by atoms with E-state index in [1.54, 1.807) is 7.11 Å². The number of ether oxygens (including phenoxy) is 3. The molecule has 1 aliphatic heterocycles. The van der Waals surface area contributed by atoms with Crippen molar-refractivity contribution in [1.82, 2.24) is 15.5 Å². The van der Waals surface area contributed by atoms with Crippen molar-refractivity contribution in [1.29, 1.82) is 0 Å². The Bertz CT molecular complexity index is 647. The van der Waals surface area contributed by atoms with Gasteiger partial charge in [-0.1, -0.05) is 0 Å². The second-order valence-electron chi connectivity index (χ2n) is 7.57. The average Bonchev–Trinajstić information content (AvgIpc) is 3.26. The lowest BCUT2D eigenvalue weighted by Crippen LogP contribution is -2.44. The predicted octanol–water partition coefficient (Wildman–Crippen LogP) is 3.02. The van der Waals surface area contributed by atoms with Crippen LogP contribution in [0.5, 0.6) is 11.5 Å². The van der Waals surface area contributed by atoms with E-state index in [1.165, 1.54) is 12.8 Å². The van der Waals surface area contributed by atoms with Crippen LogP contribution in [0.3, 0.4) is 0 Å². The lowest BCUT2D eigenvalue weighted by molar-refractivity contribution is 0.0389. The molecule has 0 aromatic heterocycles. The molecule has 7 nitrogen and oxygen atoms in total. The molecule has 30 heavy (non-hydrogen) atoms. The number of guanidine groups is 1. The van der Waals surface area contributed by atoms with Crippen molar-refractivity contribution in [3.05, 3.63) is 23.8 Å². The van der Waals surface area contributed by atoms with E-state index in [9.17, 15) is 0 Å². The number of morpholine rings is 1. The summed E-state index contributed by atoms with van der Waals surface area (Å²) in [6.07, 6.45) is 5.07. The number of methoxy groups -OCH3 is 1. The van der Waals surface area contributed by atoms with Gasteiger partial charge in [-0.2, -0.15) is 0 Å². The van der Waals surface area contributed by atoms with Crippen LogP contribution < -0.4 is 20.1 Å².